The van der Waals surface area contributed by atoms with Gasteiger partial charge in [0, 0.05) is 0 Å². The number of hydrogen-bond donors (Lipinski definition) is 1. The largest absolute Gasteiger partial charge is 0.481 e. The summed E-state index contributed by atoms with van der Waals surface area (Å²) in [6, 6.07) is 17.9. The fourth-order valence-electron chi connectivity index (χ4n) is 2.83. The van der Waals surface area contributed by atoms with E-state index in [9.17, 15) is 14.7 Å². The lowest BCUT2D eigenvalue weighted by Gasteiger charge is -2.17. The quantitative estimate of drug-likeness (QED) is 0.732. The van der Waals surface area contributed by atoms with Crippen molar-refractivity contribution < 1.29 is 19.4 Å². The van der Waals surface area contributed by atoms with Crippen LogP contribution in [0.5, 0.6) is 0 Å². The van der Waals surface area contributed by atoms with Gasteiger partial charge < -0.3 is 9.84 Å². The smallest absolute Gasteiger partial charge is 0.308 e. The molecule has 2 rings (SSSR count). The van der Waals surface area contributed by atoms with Crippen LogP contribution in [0.25, 0.3) is 11.1 Å². The molecule has 1 N–H and O–H groups in total. The molecule has 0 amide bonds. The van der Waals surface area contributed by atoms with E-state index in [1.807, 2.05) is 54.6 Å². The van der Waals surface area contributed by atoms with E-state index in [0.717, 1.165) is 16.7 Å². The Kier molecular flexibility index (Phi) is 6.75. The van der Waals surface area contributed by atoms with E-state index in [2.05, 4.69) is 0 Å². The summed E-state index contributed by atoms with van der Waals surface area (Å²) in [7, 11) is 0. The molecule has 0 saturated heterocycles. The molecule has 0 aliphatic carbocycles. The third-order valence-electron chi connectivity index (χ3n) is 4.22. The van der Waals surface area contributed by atoms with Crippen LogP contribution in [0, 0.1) is 11.8 Å². The number of esters is 1. The molecule has 2 atom stereocenters. The molecule has 0 spiro atoms. The molecule has 0 aliphatic rings. The van der Waals surface area contributed by atoms with Crippen molar-refractivity contribution in [3.63, 3.8) is 0 Å². The lowest BCUT2D eigenvalue weighted by molar-refractivity contribution is -0.149. The summed E-state index contributed by atoms with van der Waals surface area (Å²) in [4.78, 5) is 23.3. The molecule has 0 unspecified atom stereocenters. The highest BCUT2D eigenvalue weighted by Gasteiger charge is 2.25. The number of carbonyl (C=O) groups is 2. The van der Waals surface area contributed by atoms with E-state index in [0.29, 0.717) is 13.0 Å². The molecule has 132 valence electrons. The topological polar surface area (TPSA) is 63.6 Å². The van der Waals surface area contributed by atoms with Crippen LogP contribution in [-0.2, 0) is 20.7 Å². The van der Waals surface area contributed by atoms with Crippen molar-refractivity contribution in [1.82, 2.24) is 0 Å². The first-order valence-electron chi connectivity index (χ1n) is 8.55. The number of ether oxygens (including phenoxy) is 1. The molecule has 2 aromatic carbocycles. The Morgan fingerprint density at radius 2 is 1.60 bits per heavy atom. The minimum Gasteiger partial charge on any atom is -0.481 e. The average Bonchev–Trinajstić information content (AvgIpc) is 2.62. The van der Waals surface area contributed by atoms with Crippen molar-refractivity contribution in [2.24, 2.45) is 11.8 Å². The van der Waals surface area contributed by atoms with Crippen LogP contribution >= 0.6 is 0 Å². The molecule has 2 aromatic rings. The summed E-state index contributed by atoms with van der Waals surface area (Å²) in [6.07, 6.45) is 0.669. The van der Waals surface area contributed by atoms with Crippen LogP contribution in [0.3, 0.4) is 0 Å². The minimum atomic E-state index is -0.886. The fraction of sp³-hybridized carbons (Fsp3) is 0.333. The lowest BCUT2D eigenvalue weighted by Crippen LogP contribution is -2.24. The lowest BCUT2D eigenvalue weighted by atomic mass is 9.89. The van der Waals surface area contributed by atoms with Gasteiger partial charge in [0.15, 0.2) is 0 Å². The molecule has 0 saturated carbocycles. The highest BCUT2D eigenvalue weighted by Crippen LogP contribution is 2.23. The molecule has 25 heavy (non-hydrogen) atoms. The van der Waals surface area contributed by atoms with Crippen molar-refractivity contribution >= 4 is 11.9 Å². The Labute approximate surface area is 148 Å². The molecule has 4 heteroatoms. The summed E-state index contributed by atoms with van der Waals surface area (Å²) < 4.78 is 4.97. The predicted molar refractivity (Wildman–Crippen MR) is 97.1 cm³/mol. The molecule has 0 radical (unpaired) electrons. The third-order valence-corrected chi connectivity index (χ3v) is 4.22. The highest BCUT2D eigenvalue weighted by atomic mass is 16.5. The number of hydrogen-bond acceptors (Lipinski definition) is 3. The summed E-state index contributed by atoms with van der Waals surface area (Å²) >= 11 is 0. The summed E-state index contributed by atoms with van der Waals surface area (Å²) in [5.41, 5.74) is 3.17. The molecule has 0 aromatic heterocycles. The summed E-state index contributed by atoms with van der Waals surface area (Å²) in [5, 5.41) is 9.48. The Hall–Kier alpha value is -2.62. The summed E-state index contributed by atoms with van der Waals surface area (Å²) in [5.74, 6) is -2.26. The maximum Gasteiger partial charge on any atom is 0.308 e. The third kappa shape index (κ3) is 5.45. The van der Waals surface area contributed by atoms with Gasteiger partial charge >= 0.3 is 11.9 Å². The molecular weight excluding hydrogens is 316 g/mol. The molecule has 0 aliphatic heterocycles. The normalized spacial score (nSPS) is 13.0. The van der Waals surface area contributed by atoms with E-state index in [1.165, 1.54) is 0 Å². The van der Waals surface area contributed by atoms with Gasteiger partial charge in [-0.1, -0.05) is 61.5 Å². The van der Waals surface area contributed by atoms with Gasteiger partial charge in [-0.15, -0.1) is 0 Å². The standard InChI is InChI=1S/C21H24O4/c1-3-25-21(24)15(2)13-19(20(22)23)14-16-9-11-18(12-10-16)17-7-5-4-6-8-17/h4-12,15,19H,3,13-14H2,1-2H3,(H,22,23)/t15-,19+/m1/s1. The zero-order chi connectivity index (χ0) is 18.2. The van der Waals surface area contributed by atoms with E-state index >= 15 is 0 Å². The van der Waals surface area contributed by atoms with Gasteiger partial charge in [0.25, 0.3) is 0 Å². The molecule has 4 nitrogen and oxygen atoms in total. The Balaban J connectivity index is 2.04. The number of aliphatic carboxylic acids is 1. The monoisotopic (exact) mass is 340 g/mol. The second-order valence-electron chi connectivity index (χ2n) is 6.19. The Bertz CT molecular complexity index is 692. The number of carboxylic acids is 1. The van der Waals surface area contributed by atoms with Crippen LogP contribution < -0.4 is 0 Å². The molecule has 0 bridgehead atoms. The SMILES string of the molecule is CCOC(=O)[C@H](C)C[C@@H](Cc1ccc(-c2ccccc2)cc1)C(=O)O. The Morgan fingerprint density at radius 1 is 1.00 bits per heavy atom. The van der Waals surface area contributed by atoms with Crippen LogP contribution in [0.2, 0.25) is 0 Å². The number of benzene rings is 2. The van der Waals surface area contributed by atoms with Crippen LogP contribution in [-0.4, -0.2) is 23.7 Å². The predicted octanol–water partition coefficient (Wildman–Crippen LogP) is 4.19. The zero-order valence-corrected chi connectivity index (χ0v) is 14.6. The van der Waals surface area contributed by atoms with Gasteiger partial charge in [0.2, 0.25) is 0 Å². The van der Waals surface area contributed by atoms with Gasteiger partial charge in [0.05, 0.1) is 18.4 Å². The first-order valence-corrected chi connectivity index (χ1v) is 8.55. The van der Waals surface area contributed by atoms with Crippen molar-refractivity contribution in [3.05, 3.63) is 60.2 Å². The van der Waals surface area contributed by atoms with Gasteiger partial charge in [0.1, 0.15) is 0 Å². The second-order valence-corrected chi connectivity index (χ2v) is 6.19. The van der Waals surface area contributed by atoms with Gasteiger partial charge in [-0.2, -0.15) is 0 Å². The maximum absolute atomic E-state index is 11.7. The maximum atomic E-state index is 11.7. The van der Waals surface area contributed by atoms with Crippen LogP contribution in [0.1, 0.15) is 25.8 Å². The van der Waals surface area contributed by atoms with Crippen molar-refractivity contribution in [2.45, 2.75) is 26.7 Å². The summed E-state index contributed by atoms with van der Waals surface area (Å²) in [6.45, 7) is 3.77. The number of carbonyl (C=O) groups excluding carboxylic acids is 1. The number of carboxylic acid groups (broad SMARTS) is 1. The first-order chi connectivity index (χ1) is 12.0. The average molecular weight is 340 g/mol. The van der Waals surface area contributed by atoms with E-state index in [1.54, 1.807) is 13.8 Å². The van der Waals surface area contributed by atoms with E-state index < -0.39 is 17.8 Å². The van der Waals surface area contributed by atoms with Crippen molar-refractivity contribution in [3.8, 4) is 11.1 Å². The molecule has 0 heterocycles. The van der Waals surface area contributed by atoms with Gasteiger partial charge in [-0.3, -0.25) is 9.59 Å². The Morgan fingerprint density at radius 3 is 2.16 bits per heavy atom. The van der Waals surface area contributed by atoms with Crippen molar-refractivity contribution in [2.75, 3.05) is 6.61 Å². The van der Waals surface area contributed by atoms with Gasteiger partial charge in [-0.05, 0) is 36.5 Å². The fourth-order valence-corrected chi connectivity index (χ4v) is 2.83. The second kappa shape index (κ2) is 9.02. The highest BCUT2D eigenvalue weighted by molar-refractivity contribution is 5.75. The molecular formula is C21H24O4. The van der Waals surface area contributed by atoms with Gasteiger partial charge in [-0.25, -0.2) is 0 Å². The van der Waals surface area contributed by atoms with Crippen LogP contribution in [0.4, 0.5) is 0 Å². The number of rotatable bonds is 8. The van der Waals surface area contributed by atoms with E-state index in [-0.39, 0.29) is 12.4 Å². The first kappa shape index (κ1) is 18.7. The zero-order valence-electron chi connectivity index (χ0n) is 14.6. The van der Waals surface area contributed by atoms with Crippen LogP contribution in [0.15, 0.2) is 54.6 Å². The van der Waals surface area contributed by atoms with Crippen molar-refractivity contribution in [1.29, 1.82) is 0 Å². The minimum absolute atomic E-state index is 0.272. The van der Waals surface area contributed by atoms with E-state index in [4.69, 9.17) is 4.74 Å². The molecule has 0 fully saturated rings.